The van der Waals surface area contributed by atoms with Crippen LogP contribution in [0, 0.1) is 0 Å². The quantitative estimate of drug-likeness (QED) is 0.482. The molecule has 0 unspecified atom stereocenters. The normalized spacial score (nSPS) is 12.7. The summed E-state index contributed by atoms with van der Waals surface area (Å²) in [6.07, 6.45) is -4.39. The van der Waals surface area contributed by atoms with E-state index >= 15 is 0 Å². The Hall–Kier alpha value is -1.98. The van der Waals surface area contributed by atoms with Gasteiger partial charge in [0.05, 0.1) is 19.8 Å². The average Bonchev–Trinajstić information content (AvgIpc) is 2.38. The highest BCUT2D eigenvalue weighted by molar-refractivity contribution is 5.95. The second kappa shape index (κ2) is 5.77. The SMILES string of the molecule is COC(=O)/C(OC)=C(/C)c1ccc(C(F)(F)F)cc1. The van der Waals surface area contributed by atoms with Gasteiger partial charge in [0.15, 0.2) is 0 Å². The van der Waals surface area contributed by atoms with Gasteiger partial charge in [-0.3, -0.25) is 0 Å². The zero-order chi connectivity index (χ0) is 14.6. The van der Waals surface area contributed by atoms with Crippen molar-refractivity contribution in [3.05, 3.63) is 41.2 Å². The van der Waals surface area contributed by atoms with Gasteiger partial charge in [-0.15, -0.1) is 0 Å². The minimum Gasteiger partial charge on any atom is -0.490 e. The lowest BCUT2D eigenvalue weighted by Gasteiger charge is -2.11. The molecule has 19 heavy (non-hydrogen) atoms. The van der Waals surface area contributed by atoms with E-state index in [0.717, 1.165) is 12.1 Å². The van der Waals surface area contributed by atoms with Crippen molar-refractivity contribution in [3.8, 4) is 0 Å². The summed E-state index contributed by atoms with van der Waals surface area (Å²) in [5.41, 5.74) is 0.111. The summed E-state index contributed by atoms with van der Waals surface area (Å²) in [5, 5.41) is 0. The molecule has 0 spiro atoms. The molecular formula is C13H13F3O3. The first kappa shape index (κ1) is 15.1. The number of methoxy groups -OCH3 is 2. The van der Waals surface area contributed by atoms with Crippen molar-refractivity contribution in [3.63, 3.8) is 0 Å². The Morgan fingerprint density at radius 3 is 1.95 bits per heavy atom. The minimum atomic E-state index is -4.39. The van der Waals surface area contributed by atoms with Crippen LogP contribution in [0.4, 0.5) is 13.2 Å². The lowest BCUT2D eigenvalue weighted by molar-refractivity contribution is -0.139. The maximum absolute atomic E-state index is 12.4. The lowest BCUT2D eigenvalue weighted by atomic mass is 10.0. The summed E-state index contributed by atoms with van der Waals surface area (Å²) in [4.78, 5) is 11.4. The first-order valence-electron chi connectivity index (χ1n) is 5.32. The number of allylic oxidation sites excluding steroid dienone is 1. The van der Waals surface area contributed by atoms with Crippen molar-refractivity contribution in [1.82, 2.24) is 0 Å². The largest absolute Gasteiger partial charge is 0.490 e. The van der Waals surface area contributed by atoms with Crippen molar-refractivity contribution in [2.45, 2.75) is 13.1 Å². The number of alkyl halides is 3. The molecule has 0 heterocycles. The highest BCUT2D eigenvalue weighted by Crippen LogP contribution is 2.30. The molecule has 1 aromatic carbocycles. The first-order valence-corrected chi connectivity index (χ1v) is 5.32. The number of benzene rings is 1. The summed E-state index contributed by atoms with van der Waals surface area (Å²) in [5.74, 6) is -0.720. The van der Waals surface area contributed by atoms with Crippen LogP contribution in [0.2, 0.25) is 0 Å². The number of hydrogen-bond acceptors (Lipinski definition) is 3. The van der Waals surface area contributed by atoms with E-state index in [-0.39, 0.29) is 5.76 Å². The Balaban J connectivity index is 3.16. The number of hydrogen-bond donors (Lipinski definition) is 0. The van der Waals surface area contributed by atoms with Gasteiger partial charge >= 0.3 is 12.1 Å². The molecule has 6 heteroatoms. The van der Waals surface area contributed by atoms with Gasteiger partial charge in [-0.05, 0) is 24.6 Å². The Bertz CT molecular complexity index is 487. The van der Waals surface area contributed by atoms with Crippen LogP contribution in [-0.4, -0.2) is 20.2 Å². The van der Waals surface area contributed by atoms with E-state index in [9.17, 15) is 18.0 Å². The second-order valence-electron chi connectivity index (χ2n) is 3.72. The minimum absolute atomic E-state index is 0.0396. The third-order valence-corrected chi connectivity index (χ3v) is 2.56. The van der Waals surface area contributed by atoms with Crippen LogP contribution in [0.25, 0.3) is 5.57 Å². The summed E-state index contributed by atoms with van der Waals surface area (Å²) >= 11 is 0. The number of esters is 1. The molecule has 0 atom stereocenters. The molecule has 0 N–H and O–H groups in total. The van der Waals surface area contributed by atoms with Gasteiger partial charge in [0.2, 0.25) is 5.76 Å². The Morgan fingerprint density at radius 1 is 1.05 bits per heavy atom. The molecule has 0 aliphatic rings. The van der Waals surface area contributed by atoms with Crippen LogP contribution in [0.3, 0.4) is 0 Å². The van der Waals surface area contributed by atoms with E-state index in [1.807, 2.05) is 0 Å². The third kappa shape index (κ3) is 3.49. The van der Waals surface area contributed by atoms with Gasteiger partial charge in [-0.2, -0.15) is 13.2 Å². The Labute approximate surface area is 108 Å². The molecule has 0 bridgehead atoms. The zero-order valence-electron chi connectivity index (χ0n) is 10.7. The molecule has 0 aromatic heterocycles. The fourth-order valence-corrected chi connectivity index (χ4v) is 1.52. The maximum Gasteiger partial charge on any atom is 0.416 e. The number of halogens is 3. The molecule has 0 saturated heterocycles. The predicted molar refractivity (Wildman–Crippen MR) is 63.1 cm³/mol. The van der Waals surface area contributed by atoms with Crippen molar-refractivity contribution in [1.29, 1.82) is 0 Å². The topological polar surface area (TPSA) is 35.5 Å². The first-order chi connectivity index (χ1) is 8.81. The maximum atomic E-state index is 12.4. The van der Waals surface area contributed by atoms with Gasteiger partial charge in [0.1, 0.15) is 0 Å². The molecule has 1 aromatic rings. The predicted octanol–water partition coefficient (Wildman–Crippen LogP) is 3.26. The van der Waals surface area contributed by atoms with Crippen LogP contribution in [0.15, 0.2) is 30.0 Å². The van der Waals surface area contributed by atoms with E-state index < -0.39 is 17.7 Å². The van der Waals surface area contributed by atoms with Gasteiger partial charge in [-0.25, -0.2) is 4.79 Å². The van der Waals surface area contributed by atoms with E-state index in [2.05, 4.69) is 4.74 Å². The van der Waals surface area contributed by atoms with Crippen LogP contribution in [0.1, 0.15) is 18.1 Å². The number of rotatable bonds is 3. The summed E-state index contributed by atoms with van der Waals surface area (Å²) < 4.78 is 46.7. The van der Waals surface area contributed by atoms with Crippen molar-refractivity contribution < 1.29 is 27.4 Å². The van der Waals surface area contributed by atoms with Gasteiger partial charge < -0.3 is 9.47 Å². The van der Waals surface area contributed by atoms with Crippen LogP contribution >= 0.6 is 0 Å². The van der Waals surface area contributed by atoms with Gasteiger partial charge in [0, 0.05) is 5.57 Å². The summed E-state index contributed by atoms with van der Waals surface area (Å²) in [6, 6.07) is 4.45. The van der Waals surface area contributed by atoms with Crippen molar-refractivity contribution in [2.75, 3.05) is 14.2 Å². The lowest BCUT2D eigenvalue weighted by Crippen LogP contribution is -2.09. The fraction of sp³-hybridized carbons (Fsp3) is 0.308. The molecular weight excluding hydrogens is 261 g/mol. The van der Waals surface area contributed by atoms with E-state index in [0.29, 0.717) is 11.1 Å². The molecule has 0 saturated carbocycles. The van der Waals surface area contributed by atoms with E-state index in [1.54, 1.807) is 6.92 Å². The van der Waals surface area contributed by atoms with E-state index in [1.165, 1.54) is 26.4 Å². The molecule has 0 amide bonds. The van der Waals surface area contributed by atoms with E-state index in [4.69, 9.17) is 4.74 Å². The van der Waals surface area contributed by atoms with Crippen LogP contribution < -0.4 is 0 Å². The second-order valence-corrected chi connectivity index (χ2v) is 3.72. The Kier molecular flexibility index (Phi) is 4.58. The molecule has 0 fully saturated rings. The third-order valence-electron chi connectivity index (χ3n) is 2.56. The smallest absolute Gasteiger partial charge is 0.416 e. The van der Waals surface area contributed by atoms with Gasteiger partial charge in [-0.1, -0.05) is 12.1 Å². The molecule has 1 rings (SSSR count). The standard InChI is InChI=1S/C13H13F3O3/c1-8(11(18-2)12(17)19-3)9-4-6-10(7-5-9)13(14,15)16/h4-7H,1-3H3/b11-8+. The highest BCUT2D eigenvalue weighted by Gasteiger charge is 2.30. The van der Waals surface area contributed by atoms with Gasteiger partial charge in [0.25, 0.3) is 0 Å². The summed E-state index contributed by atoms with van der Waals surface area (Å²) in [7, 11) is 2.49. The van der Waals surface area contributed by atoms with Crippen molar-refractivity contribution >= 4 is 11.5 Å². The molecule has 3 nitrogen and oxygen atoms in total. The zero-order valence-corrected chi connectivity index (χ0v) is 10.7. The molecule has 104 valence electrons. The molecule has 0 aliphatic carbocycles. The monoisotopic (exact) mass is 274 g/mol. The number of ether oxygens (including phenoxy) is 2. The average molecular weight is 274 g/mol. The number of carbonyl (C=O) groups excluding carboxylic acids is 1. The summed E-state index contributed by atoms with van der Waals surface area (Å²) in [6.45, 7) is 1.57. The molecule has 0 radical (unpaired) electrons. The number of carbonyl (C=O) groups is 1. The van der Waals surface area contributed by atoms with Crippen molar-refractivity contribution in [2.24, 2.45) is 0 Å². The fourth-order valence-electron chi connectivity index (χ4n) is 1.52. The Morgan fingerprint density at radius 2 is 1.58 bits per heavy atom. The highest BCUT2D eigenvalue weighted by atomic mass is 19.4. The van der Waals surface area contributed by atoms with Crippen LogP contribution in [-0.2, 0) is 20.4 Å². The van der Waals surface area contributed by atoms with Crippen LogP contribution in [0.5, 0.6) is 0 Å². The molecule has 0 aliphatic heterocycles.